The van der Waals surface area contributed by atoms with Crippen molar-refractivity contribution in [3.8, 4) is 0 Å². The second kappa shape index (κ2) is 7.32. The molecule has 0 aliphatic rings. The van der Waals surface area contributed by atoms with Gasteiger partial charge in [0.1, 0.15) is 11.7 Å². The Morgan fingerprint density at radius 2 is 1.96 bits per heavy atom. The van der Waals surface area contributed by atoms with Gasteiger partial charge >= 0.3 is 5.76 Å². The van der Waals surface area contributed by atoms with Crippen LogP contribution in [0.3, 0.4) is 0 Å². The van der Waals surface area contributed by atoms with E-state index in [1.54, 1.807) is 20.8 Å². The maximum atomic E-state index is 12.7. The molecule has 12 heteroatoms. The Morgan fingerprint density at radius 3 is 2.42 bits per heavy atom. The first-order chi connectivity index (χ1) is 12.0. The largest absolute Gasteiger partial charge is 0.368 e. The third-order valence-electron chi connectivity index (χ3n) is 3.52. The molecule has 1 atom stereocenters. The van der Waals surface area contributed by atoms with E-state index < -0.39 is 37.1 Å². The zero-order chi connectivity index (χ0) is 19.6. The highest BCUT2D eigenvalue weighted by atomic mass is 32.2. The van der Waals surface area contributed by atoms with Crippen molar-refractivity contribution in [2.45, 2.75) is 37.5 Å². The Morgan fingerprint density at radius 1 is 1.31 bits per heavy atom. The maximum absolute atomic E-state index is 12.7. The molecule has 0 amide bonds. The lowest BCUT2D eigenvalue weighted by Gasteiger charge is -2.20. The molecule has 0 saturated heterocycles. The van der Waals surface area contributed by atoms with E-state index in [2.05, 4.69) is 15.5 Å². The van der Waals surface area contributed by atoms with Gasteiger partial charge in [-0.3, -0.25) is 10.1 Å². The van der Waals surface area contributed by atoms with Crippen LogP contribution in [0.25, 0.3) is 0 Å². The van der Waals surface area contributed by atoms with Crippen LogP contribution < -0.4 is 5.32 Å². The number of anilines is 1. The number of nitro groups is 1. The topological polar surface area (TPSA) is 128 Å². The molecule has 0 fully saturated rings. The van der Waals surface area contributed by atoms with Crippen molar-refractivity contribution in [2.75, 3.05) is 5.32 Å². The summed E-state index contributed by atoms with van der Waals surface area (Å²) in [4.78, 5) is 13.7. The SMILES string of the molecule is Cc1noc([C@H](Nc2ccc(S(=O)(=O)C(F)F)cc2[N+](=O)[O-])C(C)C)n1. The normalized spacial score (nSPS) is 13.2. The average Bonchev–Trinajstić information content (AvgIpc) is 2.97. The van der Waals surface area contributed by atoms with Crippen molar-refractivity contribution in [2.24, 2.45) is 5.92 Å². The third kappa shape index (κ3) is 3.95. The summed E-state index contributed by atoms with van der Waals surface area (Å²) >= 11 is 0. The first-order valence-electron chi connectivity index (χ1n) is 7.41. The van der Waals surface area contributed by atoms with Gasteiger partial charge in [0.15, 0.2) is 5.82 Å². The summed E-state index contributed by atoms with van der Waals surface area (Å²) in [5, 5.41) is 17.8. The molecule has 2 aromatic rings. The molecule has 0 aliphatic carbocycles. The fourth-order valence-electron chi connectivity index (χ4n) is 2.18. The van der Waals surface area contributed by atoms with Crippen LogP contribution in [0.1, 0.15) is 31.6 Å². The molecular formula is C14H16F2N4O5S. The molecule has 0 unspecified atom stereocenters. The molecule has 142 valence electrons. The van der Waals surface area contributed by atoms with Gasteiger partial charge in [-0.15, -0.1) is 0 Å². The molecule has 26 heavy (non-hydrogen) atoms. The zero-order valence-electron chi connectivity index (χ0n) is 14.0. The van der Waals surface area contributed by atoms with E-state index in [9.17, 15) is 27.3 Å². The van der Waals surface area contributed by atoms with Crippen molar-refractivity contribution in [1.29, 1.82) is 0 Å². The molecule has 0 radical (unpaired) electrons. The van der Waals surface area contributed by atoms with Crippen LogP contribution in [0.15, 0.2) is 27.6 Å². The molecule has 9 nitrogen and oxygen atoms in total. The molecule has 1 heterocycles. The van der Waals surface area contributed by atoms with Crippen LogP contribution in [0.4, 0.5) is 20.2 Å². The maximum Gasteiger partial charge on any atom is 0.341 e. The first kappa shape index (κ1) is 19.7. The minimum absolute atomic E-state index is 0.0576. The Hall–Kier alpha value is -2.63. The number of aromatic nitrogens is 2. The monoisotopic (exact) mass is 390 g/mol. The highest BCUT2D eigenvalue weighted by molar-refractivity contribution is 7.91. The van der Waals surface area contributed by atoms with Gasteiger partial charge in [-0.2, -0.15) is 13.8 Å². The minimum Gasteiger partial charge on any atom is -0.368 e. The van der Waals surface area contributed by atoms with Gasteiger partial charge in [0.2, 0.25) is 15.7 Å². The lowest BCUT2D eigenvalue weighted by molar-refractivity contribution is -0.384. The number of hydrogen-bond acceptors (Lipinski definition) is 8. The lowest BCUT2D eigenvalue weighted by atomic mass is 10.0. The quantitative estimate of drug-likeness (QED) is 0.564. The number of sulfone groups is 1. The van der Waals surface area contributed by atoms with Crippen LogP contribution >= 0.6 is 0 Å². The van der Waals surface area contributed by atoms with E-state index in [4.69, 9.17) is 4.52 Å². The van der Waals surface area contributed by atoms with Crippen molar-refractivity contribution >= 4 is 21.2 Å². The Kier molecular flexibility index (Phi) is 5.54. The molecule has 0 bridgehead atoms. The smallest absolute Gasteiger partial charge is 0.341 e. The van der Waals surface area contributed by atoms with Gasteiger partial charge in [0, 0.05) is 6.07 Å². The predicted molar refractivity (Wildman–Crippen MR) is 86.5 cm³/mol. The Bertz CT molecular complexity index is 914. The summed E-state index contributed by atoms with van der Waals surface area (Å²) in [6.45, 7) is 5.22. The van der Waals surface area contributed by atoms with Gasteiger partial charge in [-0.25, -0.2) is 8.42 Å². The van der Waals surface area contributed by atoms with Crippen LogP contribution in [-0.2, 0) is 9.84 Å². The Labute approximate surface area is 147 Å². The summed E-state index contributed by atoms with van der Waals surface area (Å²) in [5.74, 6) is -3.24. The molecule has 1 aromatic heterocycles. The minimum atomic E-state index is -4.95. The Balaban J connectivity index is 2.47. The van der Waals surface area contributed by atoms with Gasteiger partial charge in [-0.05, 0) is 25.0 Å². The molecule has 0 spiro atoms. The summed E-state index contributed by atoms with van der Waals surface area (Å²) in [5.41, 5.74) is -0.716. The highest BCUT2D eigenvalue weighted by Crippen LogP contribution is 2.34. The van der Waals surface area contributed by atoms with Gasteiger partial charge in [0.05, 0.1) is 9.82 Å². The molecule has 0 saturated carbocycles. The summed E-state index contributed by atoms with van der Waals surface area (Å²) in [6, 6.07) is 1.94. The van der Waals surface area contributed by atoms with Crippen LogP contribution in [0, 0.1) is 23.0 Å². The van der Waals surface area contributed by atoms with Gasteiger partial charge < -0.3 is 9.84 Å². The fourth-order valence-corrected chi connectivity index (χ4v) is 2.92. The van der Waals surface area contributed by atoms with Crippen LogP contribution in [0.2, 0.25) is 0 Å². The van der Waals surface area contributed by atoms with Gasteiger partial charge in [-0.1, -0.05) is 19.0 Å². The molecule has 1 N–H and O–H groups in total. The molecule has 2 rings (SSSR count). The number of nitrogens with one attached hydrogen (secondary N) is 1. The lowest BCUT2D eigenvalue weighted by Crippen LogP contribution is -2.18. The van der Waals surface area contributed by atoms with Crippen LogP contribution in [-0.4, -0.2) is 29.2 Å². The molecule has 0 aliphatic heterocycles. The van der Waals surface area contributed by atoms with E-state index in [1.807, 2.05) is 0 Å². The summed E-state index contributed by atoms with van der Waals surface area (Å²) < 4.78 is 53.5. The number of halogens is 2. The second-order valence-corrected chi connectivity index (χ2v) is 7.71. The first-order valence-corrected chi connectivity index (χ1v) is 8.96. The zero-order valence-corrected chi connectivity index (χ0v) is 14.8. The third-order valence-corrected chi connectivity index (χ3v) is 4.90. The van der Waals surface area contributed by atoms with E-state index in [-0.39, 0.29) is 17.5 Å². The highest BCUT2D eigenvalue weighted by Gasteiger charge is 2.31. The van der Waals surface area contributed by atoms with Crippen molar-refractivity contribution in [1.82, 2.24) is 10.1 Å². The van der Waals surface area contributed by atoms with E-state index in [0.29, 0.717) is 11.9 Å². The number of alkyl halides is 2. The number of benzene rings is 1. The van der Waals surface area contributed by atoms with Crippen molar-refractivity contribution in [3.05, 3.63) is 40.0 Å². The average molecular weight is 390 g/mol. The number of nitro benzene ring substituents is 1. The number of aryl methyl sites for hydroxylation is 1. The summed E-state index contributed by atoms with van der Waals surface area (Å²) in [6.07, 6.45) is 0. The van der Waals surface area contributed by atoms with Gasteiger partial charge in [0.25, 0.3) is 5.69 Å². The van der Waals surface area contributed by atoms with E-state index in [0.717, 1.165) is 12.1 Å². The summed E-state index contributed by atoms with van der Waals surface area (Å²) in [7, 11) is -4.95. The molecular weight excluding hydrogens is 374 g/mol. The number of hydrogen-bond donors (Lipinski definition) is 1. The van der Waals surface area contributed by atoms with E-state index in [1.165, 1.54) is 0 Å². The van der Waals surface area contributed by atoms with Crippen molar-refractivity contribution in [3.63, 3.8) is 0 Å². The fraction of sp³-hybridized carbons (Fsp3) is 0.429. The van der Waals surface area contributed by atoms with Crippen molar-refractivity contribution < 1.29 is 26.6 Å². The predicted octanol–water partition coefficient (Wildman–Crippen LogP) is 3.09. The standard InChI is InChI=1S/C14H16F2N4O5S/c1-7(2)12(13-17-8(3)19-25-13)18-10-5-4-9(6-11(10)20(21)22)26(23,24)14(15)16/h4-7,12,14,18H,1-3H3/t12-/m1/s1. The van der Waals surface area contributed by atoms with E-state index >= 15 is 0 Å². The number of rotatable bonds is 7. The van der Waals surface area contributed by atoms with Crippen LogP contribution in [0.5, 0.6) is 0 Å². The molecule has 1 aromatic carbocycles. The second-order valence-electron chi connectivity index (χ2n) is 5.79. The number of nitrogens with zero attached hydrogens (tertiary/aromatic N) is 3.